The SMILES string of the molecule is Cc1cccc(Oc2ccc(OCCC(C)NC(O)=S)cc2)c1. The van der Waals surface area contributed by atoms with E-state index in [-0.39, 0.29) is 11.2 Å². The minimum absolute atomic E-state index is 0.0661. The van der Waals surface area contributed by atoms with Crippen molar-refractivity contribution in [3.05, 3.63) is 54.1 Å². The van der Waals surface area contributed by atoms with E-state index < -0.39 is 0 Å². The zero-order chi connectivity index (χ0) is 16.7. The molecule has 4 nitrogen and oxygen atoms in total. The first kappa shape index (κ1) is 17.1. The van der Waals surface area contributed by atoms with Gasteiger partial charge in [0, 0.05) is 12.5 Å². The highest BCUT2D eigenvalue weighted by Gasteiger charge is 2.04. The molecule has 0 aliphatic rings. The molecule has 5 heteroatoms. The molecule has 2 aromatic rings. The van der Waals surface area contributed by atoms with E-state index in [9.17, 15) is 0 Å². The van der Waals surface area contributed by atoms with Crippen LogP contribution in [0.2, 0.25) is 0 Å². The van der Waals surface area contributed by atoms with Gasteiger partial charge >= 0.3 is 0 Å². The topological polar surface area (TPSA) is 50.7 Å². The van der Waals surface area contributed by atoms with E-state index in [1.54, 1.807) is 0 Å². The van der Waals surface area contributed by atoms with Crippen molar-refractivity contribution in [1.29, 1.82) is 0 Å². The number of rotatable bonds is 7. The van der Waals surface area contributed by atoms with Gasteiger partial charge in [-0.25, -0.2) is 0 Å². The Morgan fingerprint density at radius 3 is 2.48 bits per heavy atom. The van der Waals surface area contributed by atoms with Crippen molar-refractivity contribution in [2.24, 2.45) is 0 Å². The van der Waals surface area contributed by atoms with Crippen LogP contribution >= 0.6 is 12.2 Å². The smallest absolute Gasteiger partial charge is 0.254 e. The van der Waals surface area contributed by atoms with Gasteiger partial charge in [-0.1, -0.05) is 12.1 Å². The third kappa shape index (κ3) is 6.16. The maximum atomic E-state index is 8.97. The molecule has 0 saturated carbocycles. The van der Waals surface area contributed by atoms with Crippen LogP contribution in [0, 0.1) is 6.92 Å². The number of hydrogen-bond acceptors (Lipinski definition) is 3. The molecule has 0 spiro atoms. The van der Waals surface area contributed by atoms with Crippen LogP contribution in [0.25, 0.3) is 0 Å². The number of ether oxygens (including phenoxy) is 2. The Bertz CT molecular complexity index is 643. The second-order valence-corrected chi connectivity index (χ2v) is 5.76. The van der Waals surface area contributed by atoms with E-state index in [4.69, 9.17) is 14.6 Å². The van der Waals surface area contributed by atoms with Crippen molar-refractivity contribution in [2.45, 2.75) is 26.3 Å². The van der Waals surface area contributed by atoms with Crippen LogP contribution in [0.5, 0.6) is 17.2 Å². The highest BCUT2D eigenvalue weighted by molar-refractivity contribution is 7.79. The minimum Gasteiger partial charge on any atom is -0.494 e. The third-order valence-corrected chi connectivity index (χ3v) is 3.36. The third-order valence-electron chi connectivity index (χ3n) is 3.24. The Balaban J connectivity index is 1.81. The summed E-state index contributed by atoms with van der Waals surface area (Å²) in [5, 5.41) is 11.5. The number of thiocarbonyl (C=S) groups is 1. The van der Waals surface area contributed by atoms with E-state index in [1.807, 2.05) is 62.4 Å². The summed E-state index contributed by atoms with van der Waals surface area (Å²) in [6.45, 7) is 4.50. The average molecular weight is 331 g/mol. The molecule has 0 fully saturated rings. The summed E-state index contributed by atoms with van der Waals surface area (Å²) in [5.74, 6) is 2.36. The first-order valence-electron chi connectivity index (χ1n) is 7.50. The van der Waals surface area contributed by atoms with Crippen molar-refractivity contribution in [2.75, 3.05) is 6.61 Å². The number of benzene rings is 2. The molecule has 0 aliphatic carbocycles. The number of aliphatic hydroxyl groups is 1. The van der Waals surface area contributed by atoms with Crippen LogP contribution in [-0.2, 0) is 0 Å². The van der Waals surface area contributed by atoms with Gasteiger partial charge in [-0.15, -0.1) is 0 Å². The number of nitrogens with one attached hydrogen (secondary N) is 1. The standard InChI is InChI=1S/C18H21NO3S/c1-13-4-3-5-17(12-13)22-16-8-6-15(7-9-16)21-11-10-14(2)19-18(20)23/h3-9,12,14H,10-11H2,1-2H3,(H2,19,20,23). The van der Waals surface area contributed by atoms with Gasteiger partial charge in [-0.05, 0) is 68.0 Å². The van der Waals surface area contributed by atoms with Crippen molar-refractivity contribution in [3.63, 3.8) is 0 Å². The Labute approximate surface area is 142 Å². The monoisotopic (exact) mass is 331 g/mol. The molecule has 122 valence electrons. The predicted octanol–water partition coefficient (Wildman–Crippen LogP) is 4.38. The lowest BCUT2D eigenvalue weighted by Gasteiger charge is -2.13. The molecule has 1 unspecified atom stereocenters. The van der Waals surface area contributed by atoms with E-state index in [1.165, 1.54) is 0 Å². The molecule has 0 bridgehead atoms. The van der Waals surface area contributed by atoms with Gasteiger partial charge in [0.2, 0.25) is 0 Å². The Hall–Kier alpha value is -2.27. The predicted molar refractivity (Wildman–Crippen MR) is 95.6 cm³/mol. The van der Waals surface area contributed by atoms with Crippen LogP contribution in [0.15, 0.2) is 48.5 Å². The fraction of sp³-hybridized carbons (Fsp3) is 0.278. The van der Waals surface area contributed by atoms with Gasteiger partial charge < -0.3 is 19.9 Å². The van der Waals surface area contributed by atoms with Gasteiger partial charge in [-0.2, -0.15) is 0 Å². The summed E-state index contributed by atoms with van der Waals surface area (Å²) in [7, 11) is 0. The van der Waals surface area contributed by atoms with Crippen LogP contribution < -0.4 is 14.8 Å². The highest BCUT2D eigenvalue weighted by atomic mass is 32.1. The fourth-order valence-corrected chi connectivity index (χ4v) is 2.26. The van der Waals surface area contributed by atoms with Crippen molar-refractivity contribution < 1.29 is 14.6 Å². The molecular weight excluding hydrogens is 310 g/mol. The summed E-state index contributed by atoms with van der Waals surface area (Å²) < 4.78 is 11.5. The summed E-state index contributed by atoms with van der Waals surface area (Å²) in [6, 6.07) is 15.5. The largest absolute Gasteiger partial charge is 0.494 e. The lowest BCUT2D eigenvalue weighted by molar-refractivity contribution is 0.294. The number of hydrogen-bond donors (Lipinski definition) is 2. The van der Waals surface area contributed by atoms with Gasteiger partial charge in [0.15, 0.2) is 0 Å². The van der Waals surface area contributed by atoms with Gasteiger partial charge in [-0.3, -0.25) is 0 Å². The Morgan fingerprint density at radius 2 is 1.83 bits per heavy atom. The maximum Gasteiger partial charge on any atom is 0.254 e. The molecule has 0 saturated heterocycles. The molecular formula is C18H21NO3S. The lowest BCUT2D eigenvalue weighted by Crippen LogP contribution is -2.32. The fourth-order valence-electron chi connectivity index (χ4n) is 2.06. The molecule has 2 N–H and O–H groups in total. The molecule has 0 amide bonds. The zero-order valence-electron chi connectivity index (χ0n) is 13.3. The first-order chi connectivity index (χ1) is 11.0. The average Bonchev–Trinajstić information content (AvgIpc) is 2.48. The molecule has 23 heavy (non-hydrogen) atoms. The number of aryl methyl sites for hydroxylation is 1. The van der Waals surface area contributed by atoms with Crippen molar-refractivity contribution in [1.82, 2.24) is 5.32 Å². The molecule has 1 atom stereocenters. The van der Waals surface area contributed by atoms with Gasteiger partial charge in [0.25, 0.3) is 5.17 Å². The Kier molecular flexibility index (Phi) is 6.23. The molecule has 0 radical (unpaired) electrons. The van der Waals surface area contributed by atoms with Gasteiger partial charge in [0.1, 0.15) is 17.2 Å². The van der Waals surface area contributed by atoms with Crippen LogP contribution in [0.3, 0.4) is 0 Å². The first-order valence-corrected chi connectivity index (χ1v) is 7.90. The van der Waals surface area contributed by atoms with E-state index >= 15 is 0 Å². The molecule has 0 aromatic heterocycles. The number of aliphatic hydroxyl groups excluding tert-OH is 1. The summed E-state index contributed by atoms with van der Waals surface area (Å²) >= 11 is 4.58. The molecule has 2 aromatic carbocycles. The summed E-state index contributed by atoms with van der Waals surface area (Å²) in [4.78, 5) is 0. The van der Waals surface area contributed by atoms with Crippen molar-refractivity contribution >= 4 is 17.4 Å². The van der Waals surface area contributed by atoms with E-state index in [2.05, 4.69) is 17.5 Å². The van der Waals surface area contributed by atoms with E-state index in [0.29, 0.717) is 6.61 Å². The van der Waals surface area contributed by atoms with Crippen LogP contribution in [-0.4, -0.2) is 22.9 Å². The highest BCUT2D eigenvalue weighted by Crippen LogP contribution is 2.24. The van der Waals surface area contributed by atoms with Crippen LogP contribution in [0.4, 0.5) is 0 Å². The second-order valence-electron chi connectivity index (χ2n) is 5.38. The van der Waals surface area contributed by atoms with Crippen LogP contribution in [0.1, 0.15) is 18.9 Å². The van der Waals surface area contributed by atoms with Crippen molar-refractivity contribution in [3.8, 4) is 17.2 Å². The minimum atomic E-state index is -0.185. The van der Waals surface area contributed by atoms with Gasteiger partial charge in [0.05, 0.1) is 6.61 Å². The van der Waals surface area contributed by atoms with E-state index in [0.717, 1.165) is 29.2 Å². The zero-order valence-corrected chi connectivity index (χ0v) is 14.1. The summed E-state index contributed by atoms with van der Waals surface area (Å²) in [6.07, 6.45) is 0.738. The quantitative estimate of drug-likeness (QED) is 0.738. The maximum absolute atomic E-state index is 8.97. The lowest BCUT2D eigenvalue weighted by atomic mass is 10.2. The second kappa shape index (κ2) is 8.39. The molecule has 0 aliphatic heterocycles. The molecule has 2 rings (SSSR count). The Morgan fingerprint density at radius 1 is 1.13 bits per heavy atom. The molecule has 0 heterocycles. The normalized spacial score (nSPS) is 11.6. The summed E-state index contributed by atoms with van der Waals surface area (Å²) in [5.41, 5.74) is 1.16.